The van der Waals surface area contributed by atoms with Gasteiger partial charge in [-0.25, -0.2) is 13.0 Å². The normalized spacial score (nSPS) is 12.1. The Balaban J connectivity index is 2.35. The Kier molecular flexibility index (Phi) is 8.44. The van der Waals surface area contributed by atoms with Gasteiger partial charge in [0.2, 0.25) is 0 Å². The fourth-order valence-electron chi connectivity index (χ4n) is 2.66. The molecule has 2 aromatic rings. The first-order valence-electron chi connectivity index (χ1n) is 8.64. The molecule has 31 heavy (non-hydrogen) atoms. The van der Waals surface area contributed by atoms with Gasteiger partial charge in [-0.15, -0.1) is 0 Å². The Labute approximate surface area is 184 Å². The van der Waals surface area contributed by atoms with Crippen LogP contribution in [0.2, 0.25) is 0 Å². The Morgan fingerprint density at radius 3 is 2.00 bits per heavy atom. The third-order valence-electron chi connectivity index (χ3n) is 4.01. The highest BCUT2D eigenvalue weighted by Gasteiger charge is 2.20. The van der Waals surface area contributed by atoms with Crippen molar-refractivity contribution in [1.82, 2.24) is 0 Å². The number of methoxy groups -OCH3 is 4. The summed E-state index contributed by atoms with van der Waals surface area (Å²) < 4.78 is 57.5. The predicted molar refractivity (Wildman–Crippen MR) is 119 cm³/mol. The zero-order chi connectivity index (χ0) is 23.2. The average Bonchev–Trinajstić information content (AvgIpc) is 2.70. The number of hydrogen-bond acceptors (Lipinski definition) is 8. The lowest BCUT2D eigenvalue weighted by molar-refractivity contribution is 0.374. The maximum absolute atomic E-state index is 12.7. The molecule has 0 fully saturated rings. The third-order valence-corrected chi connectivity index (χ3v) is 7.35. The molecule has 0 saturated heterocycles. The molecule has 0 spiro atoms. The molecule has 0 saturated carbocycles. The average molecular weight is 490 g/mol. The van der Waals surface area contributed by atoms with E-state index in [1.807, 2.05) is 0 Å². The first-order valence-corrected chi connectivity index (χ1v) is 13.4. The standard InChI is InChI=1S/C19H23O9PS2/c1-25-14-10-17(27-3)15(18(11-14)28-4)7-8-31(23,24)12-13-5-6-16(26-2)19(9-13)30-29(20,21)22/h5-11H,12H2,1-4H3,(H2,20,21,22). The van der Waals surface area contributed by atoms with Crippen molar-refractivity contribution in [3.05, 3.63) is 46.9 Å². The Morgan fingerprint density at radius 1 is 0.935 bits per heavy atom. The molecular weight excluding hydrogens is 467 g/mol. The Bertz CT molecular complexity index is 1080. The van der Waals surface area contributed by atoms with Crippen molar-refractivity contribution in [2.45, 2.75) is 10.6 Å². The smallest absolute Gasteiger partial charge is 0.388 e. The molecule has 0 heterocycles. The van der Waals surface area contributed by atoms with Gasteiger partial charge in [0.15, 0.2) is 9.84 Å². The van der Waals surface area contributed by atoms with Gasteiger partial charge in [-0.2, -0.15) is 0 Å². The zero-order valence-electron chi connectivity index (χ0n) is 17.3. The van der Waals surface area contributed by atoms with E-state index >= 15 is 0 Å². The summed E-state index contributed by atoms with van der Waals surface area (Å²) in [6.07, 6.45) is 1.36. The molecule has 0 bridgehead atoms. The minimum absolute atomic E-state index is 0.144. The van der Waals surface area contributed by atoms with Crippen LogP contribution in [0, 0.1) is 0 Å². The molecule has 0 unspecified atom stereocenters. The van der Waals surface area contributed by atoms with E-state index in [0.29, 0.717) is 39.8 Å². The summed E-state index contributed by atoms with van der Waals surface area (Å²) in [5.74, 6) is 1.07. The van der Waals surface area contributed by atoms with Crippen LogP contribution in [0.1, 0.15) is 11.1 Å². The molecule has 9 nitrogen and oxygen atoms in total. The van der Waals surface area contributed by atoms with E-state index in [1.165, 1.54) is 52.7 Å². The summed E-state index contributed by atoms with van der Waals surface area (Å²) in [6, 6.07) is 7.56. The first kappa shape index (κ1) is 25.1. The number of hydrogen-bond donors (Lipinski definition) is 2. The molecule has 12 heteroatoms. The van der Waals surface area contributed by atoms with E-state index in [1.54, 1.807) is 12.1 Å². The summed E-state index contributed by atoms with van der Waals surface area (Å²) in [5, 5.41) is 1.03. The summed E-state index contributed by atoms with van der Waals surface area (Å²) in [7, 11) is 1.98. The van der Waals surface area contributed by atoms with Crippen LogP contribution in [-0.4, -0.2) is 46.6 Å². The highest BCUT2D eigenvalue weighted by molar-refractivity contribution is 8.54. The van der Waals surface area contributed by atoms with Crippen molar-refractivity contribution in [1.29, 1.82) is 0 Å². The Morgan fingerprint density at radius 2 is 1.52 bits per heavy atom. The number of benzene rings is 2. The van der Waals surface area contributed by atoms with Crippen LogP contribution in [0.15, 0.2) is 40.6 Å². The van der Waals surface area contributed by atoms with Crippen LogP contribution < -0.4 is 18.9 Å². The van der Waals surface area contributed by atoms with E-state index in [-0.39, 0.29) is 16.4 Å². The van der Waals surface area contributed by atoms with Gasteiger partial charge in [0, 0.05) is 17.5 Å². The minimum Gasteiger partial charge on any atom is -0.496 e. The molecule has 0 aromatic heterocycles. The largest absolute Gasteiger partial charge is 0.496 e. The summed E-state index contributed by atoms with van der Waals surface area (Å²) in [4.78, 5) is 18.6. The summed E-state index contributed by atoms with van der Waals surface area (Å²) in [6.45, 7) is -4.44. The predicted octanol–water partition coefficient (Wildman–Crippen LogP) is 3.49. The molecule has 170 valence electrons. The van der Waals surface area contributed by atoms with E-state index < -0.39 is 16.6 Å². The van der Waals surface area contributed by atoms with Crippen molar-refractivity contribution in [2.75, 3.05) is 28.4 Å². The van der Waals surface area contributed by atoms with Crippen LogP contribution >= 0.6 is 18.2 Å². The number of sulfone groups is 1. The number of rotatable bonds is 10. The van der Waals surface area contributed by atoms with E-state index in [0.717, 1.165) is 5.41 Å². The second-order valence-corrected chi connectivity index (χ2v) is 11.6. The van der Waals surface area contributed by atoms with Crippen LogP contribution in [0.4, 0.5) is 0 Å². The fourth-order valence-corrected chi connectivity index (χ4v) is 5.64. The van der Waals surface area contributed by atoms with E-state index in [2.05, 4.69) is 0 Å². The molecule has 0 aliphatic carbocycles. The molecule has 0 radical (unpaired) electrons. The molecule has 2 N–H and O–H groups in total. The SMILES string of the molecule is COc1cc(OC)c(C=CS(=O)(=O)Cc2ccc(OC)c(SP(=O)(O)O)c2)c(OC)c1. The second kappa shape index (κ2) is 10.4. The maximum Gasteiger partial charge on any atom is 0.388 e. The van der Waals surface area contributed by atoms with Crippen LogP contribution in [-0.2, 0) is 20.2 Å². The topological polar surface area (TPSA) is 129 Å². The van der Waals surface area contributed by atoms with Gasteiger partial charge in [0.1, 0.15) is 23.0 Å². The highest BCUT2D eigenvalue weighted by Crippen LogP contribution is 2.56. The van der Waals surface area contributed by atoms with Gasteiger partial charge in [0.05, 0.1) is 44.7 Å². The van der Waals surface area contributed by atoms with Crippen molar-refractivity contribution in [3.8, 4) is 23.0 Å². The van der Waals surface area contributed by atoms with Crippen molar-refractivity contribution in [3.63, 3.8) is 0 Å². The second-order valence-electron chi connectivity index (χ2n) is 6.12. The number of ether oxygens (including phenoxy) is 4. The Hall–Kier alpha value is -2.17. The van der Waals surface area contributed by atoms with Gasteiger partial charge in [-0.1, -0.05) is 6.07 Å². The quantitative estimate of drug-likeness (QED) is 0.478. The molecule has 2 rings (SSSR count). The van der Waals surface area contributed by atoms with Gasteiger partial charge < -0.3 is 28.7 Å². The molecular formula is C19H23O9PS2. The summed E-state index contributed by atoms with van der Waals surface area (Å²) >= 11 is 0.300. The maximum atomic E-state index is 12.7. The lowest BCUT2D eigenvalue weighted by atomic mass is 10.1. The molecule has 0 amide bonds. The monoisotopic (exact) mass is 490 g/mol. The van der Waals surface area contributed by atoms with Crippen molar-refractivity contribution >= 4 is 34.1 Å². The molecule has 2 aromatic carbocycles. The third kappa shape index (κ3) is 7.19. The summed E-state index contributed by atoms with van der Waals surface area (Å²) in [5.41, 5.74) is 0.761. The zero-order valence-corrected chi connectivity index (χ0v) is 19.8. The van der Waals surface area contributed by atoms with Gasteiger partial charge >= 0.3 is 6.80 Å². The highest BCUT2D eigenvalue weighted by atomic mass is 32.7. The van der Waals surface area contributed by atoms with Crippen molar-refractivity contribution in [2.24, 2.45) is 0 Å². The molecule has 0 aliphatic heterocycles. The van der Waals surface area contributed by atoms with E-state index in [4.69, 9.17) is 18.9 Å². The van der Waals surface area contributed by atoms with Gasteiger partial charge in [-0.3, -0.25) is 0 Å². The van der Waals surface area contributed by atoms with Gasteiger partial charge in [0.25, 0.3) is 0 Å². The first-order chi connectivity index (χ1) is 14.5. The molecule has 0 aliphatic rings. The van der Waals surface area contributed by atoms with Gasteiger partial charge in [-0.05, 0) is 35.2 Å². The fraction of sp³-hybridized carbons (Fsp3) is 0.263. The van der Waals surface area contributed by atoms with Crippen LogP contribution in [0.3, 0.4) is 0 Å². The van der Waals surface area contributed by atoms with Crippen molar-refractivity contribution < 1.29 is 41.7 Å². The van der Waals surface area contributed by atoms with Crippen LogP contribution in [0.25, 0.3) is 6.08 Å². The molecule has 0 atom stereocenters. The minimum atomic E-state index is -4.44. The van der Waals surface area contributed by atoms with Crippen LogP contribution in [0.5, 0.6) is 23.0 Å². The lowest BCUT2D eigenvalue weighted by Crippen LogP contribution is -2.01. The lowest BCUT2D eigenvalue weighted by Gasteiger charge is -2.12. The van der Waals surface area contributed by atoms with E-state index in [9.17, 15) is 22.8 Å².